The fourth-order valence-corrected chi connectivity index (χ4v) is 5.34. The molecule has 0 saturated carbocycles. The number of nitro benzene ring substituents is 1. The smallest absolute Gasteiger partial charge is 0.331 e. The highest BCUT2D eigenvalue weighted by molar-refractivity contribution is 7.99. The van der Waals surface area contributed by atoms with Crippen molar-refractivity contribution in [1.29, 1.82) is 0 Å². The van der Waals surface area contributed by atoms with Crippen LogP contribution < -0.4 is 15.2 Å². The van der Waals surface area contributed by atoms with Crippen LogP contribution in [0.4, 0.5) is 5.69 Å². The second kappa shape index (κ2) is 11.2. The van der Waals surface area contributed by atoms with Gasteiger partial charge in [-0.05, 0) is 48.4 Å². The number of nitro groups is 1. The number of nitrogens with two attached hydrogens (primary N) is 1. The van der Waals surface area contributed by atoms with E-state index < -0.39 is 16.9 Å². The minimum Gasteiger partial charge on any atom is -0.455 e. The van der Waals surface area contributed by atoms with Gasteiger partial charge in [0, 0.05) is 23.3 Å². The number of esters is 1. The number of rotatable bonds is 7. The first-order chi connectivity index (χ1) is 19.9. The van der Waals surface area contributed by atoms with Crippen LogP contribution in [-0.2, 0) is 11.2 Å². The average Bonchev–Trinajstić information content (AvgIpc) is 3.00. The fraction of sp³-hybridized carbons (Fsp3) is 0.0645. The molecule has 1 aliphatic rings. The van der Waals surface area contributed by atoms with Gasteiger partial charge >= 0.3 is 12.0 Å². The van der Waals surface area contributed by atoms with Crippen molar-refractivity contribution >= 4 is 23.4 Å². The van der Waals surface area contributed by atoms with Gasteiger partial charge in [-0.2, -0.15) is 9.97 Å². The van der Waals surface area contributed by atoms with Crippen molar-refractivity contribution in [2.24, 2.45) is 5.73 Å². The molecule has 0 aliphatic carbocycles. The zero-order valence-electron chi connectivity index (χ0n) is 21.5. The topological polar surface area (TPSA) is 130 Å². The lowest BCUT2D eigenvalue weighted by Crippen LogP contribution is -2.36. The summed E-state index contributed by atoms with van der Waals surface area (Å²) in [6.07, 6.45) is 0.278. The third kappa shape index (κ3) is 5.79. The molecule has 2 N–H and O–H groups in total. The molecule has 2 heterocycles. The van der Waals surface area contributed by atoms with Crippen LogP contribution in [0.15, 0.2) is 113 Å². The molecule has 1 aliphatic heterocycles. The van der Waals surface area contributed by atoms with Gasteiger partial charge in [0.2, 0.25) is 0 Å². The second-order valence-electron chi connectivity index (χ2n) is 9.26. The lowest BCUT2D eigenvalue weighted by Gasteiger charge is -2.20. The lowest BCUT2D eigenvalue weighted by atomic mass is 10.1. The number of carbonyl (C=O) groups is 1. The Labute approximate surface area is 239 Å². The minimum absolute atomic E-state index is 0.0907. The van der Waals surface area contributed by atoms with Gasteiger partial charge in [-0.25, -0.2) is 4.79 Å². The molecule has 10 heteroatoms. The van der Waals surface area contributed by atoms with E-state index in [1.165, 1.54) is 12.1 Å². The lowest BCUT2D eigenvalue weighted by molar-refractivity contribution is -0.384. The van der Waals surface area contributed by atoms with Crippen LogP contribution in [0, 0.1) is 10.1 Å². The summed E-state index contributed by atoms with van der Waals surface area (Å²) in [5, 5.41) is 11.4. The molecule has 41 heavy (non-hydrogen) atoms. The molecular weight excluding hydrogens is 540 g/mol. The van der Waals surface area contributed by atoms with Crippen molar-refractivity contribution in [3.8, 4) is 40.0 Å². The summed E-state index contributed by atoms with van der Waals surface area (Å²) < 4.78 is 11.6. The predicted molar refractivity (Wildman–Crippen MR) is 154 cm³/mol. The highest BCUT2D eigenvalue weighted by Gasteiger charge is 2.22. The molecule has 0 bridgehead atoms. The van der Waals surface area contributed by atoms with Crippen LogP contribution in [0.3, 0.4) is 0 Å². The van der Waals surface area contributed by atoms with Crippen LogP contribution in [0.2, 0.25) is 0 Å². The maximum atomic E-state index is 12.9. The van der Waals surface area contributed by atoms with Crippen molar-refractivity contribution < 1.29 is 19.2 Å². The Balaban J connectivity index is 1.36. The van der Waals surface area contributed by atoms with Crippen molar-refractivity contribution in [2.75, 3.05) is 0 Å². The van der Waals surface area contributed by atoms with Crippen LogP contribution in [0.5, 0.6) is 17.5 Å². The molecular formula is C31H22N4O5S. The molecule has 202 valence electrons. The van der Waals surface area contributed by atoms with Crippen molar-refractivity contribution in [3.05, 3.63) is 119 Å². The fourth-order valence-electron chi connectivity index (χ4n) is 4.35. The number of carbonyl (C=O) groups excluding carboxylic acids is 1. The van der Waals surface area contributed by atoms with Crippen molar-refractivity contribution in [1.82, 2.24) is 9.97 Å². The number of aromatic nitrogens is 2. The number of para-hydroxylation sites is 1. The SMILES string of the molecule is NC(Cc1ccccc1)C(=O)Oc1nc(-c2cccc([N+](=O)[O-])c2)cc(-c2ccc3c(c2)Sc2ccccc2O3)n1. The van der Waals surface area contributed by atoms with E-state index >= 15 is 0 Å². The molecule has 1 unspecified atom stereocenters. The van der Waals surface area contributed by atoms with E-state index in [0.29, 0.717) is 22.7 Å². The molecule has 0 fully saturated rings. The second-order valence-corrected chi connectivity index (χ2v) is 10.3. The van der Waals surface area contributed by atoms with Crippen molar-refractivity contribution in [3.63, 3.8) is 0 Å². The quantitative estimate of drug-likeness (QED) is 0.132. The maximum Gasteiger partial charge on any atom is 0.331 e. The number of non-ortho nitro benzene ring substituents is 1. The van der Waals surface area contributed by atoms with Gasteiger partial charge in [-0.3, -0.25) is 10.1 Å². The average molecular weight is 563 g/mol. The number of ether oxygens (including phenoxy) is 2. The van der Waals surface area contributed by atoms with Gasteiger partial charge in [-0.15, -0.1) is 0 Å². The van der Waals surface area contributed by atoms with E-state index in [4.69, 9.17) is 15.2 Å². The third-order valence-corrected chi connectivity index (χ3v) is 7.48. The van der Waals surface area contributed by atoms with Gasteiger partial charge in [0.05, 0.1) is 26.1 Å². The van der Waals surface area contributed by atoms with Gasteiger partial charge < -0.3 is 15.2 Å². The summed E-state index contributed by atoms with van der Waals surface area (Å²) >= 11 is 1.57. The zero-order chi connectivity index (χ0) is 28.3. The van der Waals surface area contributed by atoms with Crippen LogP contribution in [0.25, 0.3) is 22.5 Å². The highest BCUT2D eigenvalue weighted by Crippen LogP contribution is 2.48. The van der Waals surface area contributed by atoms with E-state index in [9.17, 15) is 14.9 Å². The van der Waals surface area contributed by atoms with Crippen molar-refractivity contribution in [2.45, 2.75) is 22.3 Å². The first kappa shape index (κ1) is 26.2. The first-order valence-electron chi connectivity index (χ1n) is 12.7. The molecule has 0 spiro atoms. The van der Waals surface area contributed by atoms with Crippen LogP contribution in [0.1, 0.15) is 5.56 Å². The third-order valence-electron chi connectivity index (χ3n) is 6.38. The largest absolute Gasteiger partial charge is 0.455 e. The summed E-state index contributed by atoms with van der Waals surface area (Å²) in [5.41, 5.74) is 8.95. The highest BCUT2D eigenvalue weighted by atomic mass is 32.2. The summed E-state index contributed by atoms with van der Waals surface area (Å²) in [5.74, 6) is 0.805. The molecule has 0 saturated heterocycles. The monoisotopic (exact) mass is 562 g/mol. The van der Waals surface area contributed by atoms with Gasteiger partial charge in [-0.1, -0.05) is 66.4 Å². The maximum absolute atomic E-state index is 12.9. The Morgan fingerprint density at radius 1 is 0.854 bits per heavy atom. The number of nitrogens with zero attached hydrogens (tertiary/aromatic N) is 3. The van der Waals surface area contributed by atoms with Gasteiger partial charge in [0.1, 0.15) is 17.5 Å². The predicted octanol–water partition coefficient (Wildman–Crippen LogP) is 6.45. The molecule has 0 radical (unpaired) electrons. The van der Waals surface area contributed by atoms with E-state index in [1.54, 1.807) is 30.0 Å². The molecule has 4 aromatic carbocycles. The Morgan fingerprint density at radius 2 is 1.56 bits per heavy atom. The van der Waals surface area contributed by atoms with Crippen LogP contribution in [-0.4, -0.2) is 26.9 Å². The van der Waals surface area contributed by atoms with Crippen LogP contribution >= 0.6 is 11.8 Å². The summed E-state index contributed by atoms with van der Waals surface area (Å²) in [4.78, 5) is 34.7. The number of hydrogen-bond donors (Lipinski definition) is 1. The zero-order valence-corrected chi connectivity index (χ0v) is 22.3. The normalized spacial score (nSPS) is 12.4. The summed E-state index contributed by atoms with van der Waals surface area (Å²) in [6.45, 7) is 0. The summed E-state index contributed by atoms with van der Waals surface area (Å²) in [7, 11) is 0. The molecule has 5 aromatic rings. The molecule has 9 nitrogen and oxygen atoms in total. The number of fused-ring (bicyclic) bond motifs is 2. The van der Waals surface area contributed by atoms with E-state index in [0.717, 1.165) is 26.7 Å². The standard InChI is InChI=1S/C31H22N4O5S/c32-23(15-19-7-2-1-3-8-19)30(36)40-31-33-24(20-9-6-10-22(16-20)35(37)38)18-25(34-31)21-13-14-27-29(17-21)41-28-12-5-4-11-26(28)39-27/h1-14,16-18,23H,15,32H2. The number of hydrogen-bond acceptors (Lipinski definition) is 9. The molecule has 1 atom stereocenters. The Bertz CT molecular complexity index is 1780. The minimum atomic E-state index is -0.941. The summed E-state index contributed by atoms with van der Waals surface area (Å²) in [6, 6.07) is 29.4. The van der Waals surface area contributed by atoms with E-state index in [2.05, 4.69) is 9.97 Å². The Hall–Kier alpha value is -5.06. The molecule has 6 rings (SSSR count). The van der Waals surface area contributed by atoms with E-state index in [1.807, 2.05) is 72.8 Å². The van der Waals surface area contributed by atoms with Gasteiger partial charge in [0.25, 0.3) is 5.69 Å². The number of benzene rings is 4. The van der Waals surface area contributed by atoms with E-state index in [-0.39, 0.29) is 18.1 Å². The first-order valence-corrected chi connectivity index (χ1v) is 13.5. The molecule has 0 amide bonds. The Morgan fingerprint density at radius 3 is 2.34 bits per heavy atom. The molecule has 1 aromatic heterocycles. The Kier molecular flexibility index (Phi) is 7.15. The van der Waals surface area contributed by atoms with Gasteiger partial charge in [0.15, 0.2) is 0 Å².